The Kier molecular flexibility index (Phi) is 3.82. The molecule has 6 heteroatoms. The highest BCUT2D eigenvalue weighted by atomic mass is 16.2. The van der Waals surface area contributed by atoms with Crippen LogP contribution in [-0.4, -0.2) is 72.0 Å². The lowest BCUT2D eigenvalue weighted by atomic mass is 10.2. The van der Waals surface area contributed by atoms with E-state index in [0.29, 0.717) is 5.69 Å². The van der Waals surface area contributed by atoms with Crippen LogP contribution < -0.4 is 4.90 Å². The summed E-state index contributed by atoms with van der Waals surface area (Å²) in [5.41, 5.74) is 0.520. The largest absolute Gasteiger partial charge is 0.357 e. The van der Waals surface area contributed by atoms with Gasteiger partial charge in [-0.25, -0.2) is 9.97 Å². The molecule has 0 aliphatic carbocycles. The molecule has 0 aromatic carbocycles. The van der Waals surface area contributed by atoms with Crippen molar-refractivity contribution in [3.8, 4) is 0 Å². The third-order valence-corrected chi connectivity index (χ3v) is 4.09. The van der Waals surface area contributed by atoms with Crippen molar-refractivity contribution in [2.24, 2.45) is 0 Å². The molecule has 0 saturated carbocycles. The zero-order valence-corrected chi connectivity index (χ0v) is 12.0. The van der Waals surface area contributed by atoms with Gasteiger partial charge in [-0.1, -0.05) is 0 Å². The molecule has 0 spiro atoms. The average molecular weight is 275 g/mol. The van der Waals surface area contributed by atoms with Gasteiger partial charge in [0.1, 0.15) is 17.8 Å². The summed E-state index contributed by atoms with van der Waals surface area (Å²) in [6.45, 7) is 5.46. The Balaban J connectivity index is 1.72. The first kappa shape index (κ1) is 13.3. The van der Waals surface area contributed by atoms with Gasteiger partial charge in [-0.15, -0.1) is 0 Å². The number of piperazine rings is 1. The van der Waals surface area contributed by atoms with Crippen molar-refractivity contribution in [1.29, 1.82) is 0 Å². The monoisotopic (exact) mass is 275 g/mol. The summed E-state index contributed by atoms with van der Waals surface area (Å²) in [7, 11) is 2.08. The minimum Gasteiger partial charge on any atom is -0.357 e. The van der Waals surface area contributed by atoms with Crippen LogP contribution >= 0.6 is 0 Å². The van der Waals surface area contributed by atoms with Crippen molar-refractivity contribution in [1.82, 2.24) is 19.8 Å². The molecular formula is C14H21N5O. The normalized spacial score (nSPS) is 20.4. The second kappa shape index (κ2) is 5.75. The van der Waals surface area contributed by atoms with E-state index in [1.54, 1.807) is 0 Å². The number of carbonyl (C=O) groups excluding carboxylic acids is 1. The number of rotatable bonds is 2. The van der Waals surface area contributed by atoms with Gasteiger partial charge in [0, 0.05) is 45.3 Å². The smallest absolute Gasteiger partial charge is 0.272 e. The van der Waals surface area contributed by atoms with Gasteiger partial charge in [0.2, 0.25) is 0 Å². The maximum absolute atomic E-state index is 12.5. The van der Waals surface area contributed by atoms with E-state index in [1.807, 2.05) is 11.0 Å². The predicted molar refractivity (Wildman–Crippen MR) is 76.9 cm³/mol. The predicted octanol–water partition coefficient (Wildman–Crippen LogP) is 0.464. The summed E-state index contributed by atoms with van der Waals surface area (Å²) < 4.78 is 0. The van der Waals surface area contributed by atoms with Crippen LogP contribution in [0.25, 0.3) is 0 Å². The van der Waals surface area contributed by atoms with E-state index < -0.39 is 0 Å². The van der Waals surface area contributed by atoms with E-state index in [-0.39, 0.29) is 5.91 Å². The molecule has 3 rings (SSSR count). The van der Waals surface area contributed by atoms with Crippen LogP contribution in [0.15, 0.2) is 12.4 Å². The maximum atomic E-state index is 12.5. The number of anilines is 1. The second-order valence-electron chi connectivity index (χ2n) is 5.55. The molecule has 0 atom stereocenters. The minimum absolute atomic E-state index is 0.0287. The molecule has 1 aromatic rings. The van der Waals surface area contributed by atoms with Crippen molar-refractivity contribution >= 4 is 11.7 Å². The van der Waals surface area contributed by atoms with Crippen molar-refractivity contribution in [3.05, 3.63) is 18.1 Å². The molecule has 2 fully saturated rings. The zero-order chi connectivity index (χ0) is 13.9. The Hall–Kier alpha value is -1.69. The van der Waals surface area contributed by atoms with Crippen molar-refractivity contribution in [2.75, 3.05) is 51.2 Å². The van der Waals surface area contributed by atoms with Gasteiger partial charge in [-0.05, 0) is 19.9 Å². The van der Waals surface area contributed by atoms with Crippen LogP contribution in [0.1, 0.15) is 23.3 Å². The molecule has 1 amide bonds. The number of nitrogens with zero attached hydrogens (tertiary/aromatic N) is 5. The molecule has 108 valence electrons. The van der Waals surface area contributed by atoms with Crippen LogP contribution in [0.2, 0.25) is 0 Å². The van der Waals surface area contributed by atoms with Gasteiger partial charge in [0.05, 0.1) is 0 Å². The fourth-order valence-corrected chi connectivity index (χ4v) is 2.75. The van der Waals surface area contributed by atoms with Gasteiger partial charge >= 0.3 is 0 Å². The first-order valence-electron chi connectivity index (χ1n) is 7.29. The molecule has 2 saturated heterocycles. The van der Waals surface area contributed by atoms with E-state index in [4.69, 9.17) is 0 Å². The van der Waals surface area contributed by atoms with Crippen molar-refractivity contribution < 1.29 is 4.79 Å². The summed E-state index contributed by atoms with van der Waals surface area (Å²) in [6.07, 6.45) is 3.91. The van der Waals surface area contributed by atoms with Gasteiger partial charge < -0.3 is 14.7 Å². The lowest BCUT2D eigenvalue weighted by Gasteiger charge is -2.32. The van der Waals surface area contributed by atoms with Gasteiger partial charge in [0.25, 0.3) is 5.91 Å². The van der Waals surface area contributed by atoms with Crippen molar-refractivity contribution in [2.45, 2.75) is 12.8 Å². The number of aromatic nitrogens is 2. The molecule has 2 aliphatic heterocycles. The molecule has 0 unspecified atom stereocenters. The van der Waals surface area contributed by atoms with Crippen LogP contribution in [0.4, 0.5) is 5.82 Å². The molecule has 0 N–H and O–H groups in total. The molecule has 2 aliphatic rings. The fraction of sp³-hybridized carbons (Fsp3) is 0.643. The zero-order valence-electron chi connectivity index (χ0n) is 12.0. The Morgan fingerprint density at radius 3 is 2.45 bits per heavy atom. The third-order valence-electron chi connectivity index (χ3n) is 4.09. The van der Waals surface area contributed by atoms with E-state index in [9.17, 15) is 4.79 Å². The molecule has 0 bridgehead atoms. The Labute approximate surface area is 119 Å². The molecule has 0 radical (unpaired) electrons. The van der Waals surface area contributed by atoms with Crippen LogP contribution in [-0.2, 0) is 0 Å². The summed E-state index contributed by atoms with van der Waals surface area (Å²) in [5.74, 6) is 0.913. The first-order chi connectivity index (χ1) is 9.74. The third kappa shape index (κ3) is 2.75. The van der Waals surface area contributed by atoms with E-state index in [1.165, 1.54) is 19.2 Å². The standard InChI is InChI=1S/C14H21N5O/c1-17-6-8-19(9-7-17)14(20)12-10-13(16-11-15-12)18-4-2-3-5-18/h10-11H,2-9H2,1H3. The van der Waals surface area contributed by atoms with Crippen LogP contribution in [0.3, 0.4) is 0 Å². The van der Waals surface area contributed by atoms with Gasteiger partial charge in [0.15, 0.2) is 0 Å². The summed E-state index contributed by atoms with van der Waals surface area (Å²) in [6, 6.07) is 1.84. The lowest BCUT2D eigenvalue weighted by Crippen LogP contribution is -2.47. The quantitative estimate of drug-likeness (QED) is 0.785. The number of hydrogen-bond acceptors (Lipinski definition) is 5. The number of carbonyl (C=O) groups is 1. The van der Waals surface area contributed by atoms with Crippen LogP contribution in [0, 0.1) is 0 Å². The second-order valence-corrected chi connectivity index (χ2v) is 5.55. The topological polar surface area (TPSA) is 52.6 Å². The summed E-state index contributed by atoms with van der Waals surface area (Å²) >= 11 is 0. The first-order valence-corrected chi connectivity index (χ1v) is 7.29. The van der Waals surface area contributed by atoms with E-state index in [0.717, 1.165) is 45.1 Å². The molecule has 20 heavy (non-hydrogen) atoms. The van der Waals surface area contributed by atoms with E-state index in [2.05, 4.69) is 26.8 Å². The Bertz CT molecular complexity index is 478. The highest BCUT2D eigenvalue weighted by Gasteiger charge is 2.22. The lowest BCUT2D eigenvalue weighted by molar-refractivity contribution is 0.0658. The SMILES string of the molecule is CN1CCN(C(=O)c2cc(N3CCCC3)ncn2)CC1. The summed E-state index contributed by atoms with van der Waals surface area (Å²) in [4.78, 5) is 27.3. The highest BCUT2D eigenvalue weighted by molar-refractivity contribution is 5.93. The minimum atomic E-state index is 0.0287. The molecular weight excluding hydrogens is 254 g/mol. The Morgan fingerprint density at radius 1 is 1.05 bits per heavy atom. The number of likely N-dealkylation sites (N-methyl/N-ethyl adjacent to an activating group) is 1. The number of amides is 1. The molecule has 6 nitrogen and oxygen atoms in total. The Morgan fingerprint density at radius 2 is 1.75 bits per heavy atom. The average Bonchev–Trinajstić information content (AvgIpc) is 3.02. The maximum Gasteiger partial charge on any atom is 0.272 e. The van der Waals surface area contributed by atoms with Crippen molar-refractivity contribution in [3.63, 3.8) is 0 Å². The summed E-state index contributed by atoms with van der Waals surface area (Å²) in [5, 5.41) is 0. The molecule has 1 aromatic heterocycles. The van der Waals surface area contributed by atoms with E-state index >= 15 is 0 Å². The fourth-order valence-electron chi connectivity index (χ4n) is 2.75. The molecule has 3 heterocycles. The van der Waals surface area contributed by atoms with Gasteiger partial charge in [-0.2, -0.15) is 0 Å². The van der Waals surface area contributed by atoms with Crippen LogP contribution in [0.5, 0.6) is 0 Å². The van der Waals surface area contributed by atoms with Gasteiger partial charge in [-0.3, -0.25) is 4.79 Å². The highest BCUT2D eigenvalue weighted by Crippen LogP contribution is 2.18. The number of hydrogen-bond donors (Lipinski definition) is 0.